The monoisotopic (exact) mass is 956 g/mol. The van der Waals surface area contributed by atoms with Gasteiger partial charge in [0.1, 0.15) is 60.1 Å². The van der Waals surface area contributed by atoms with Gasteiger partial charge in [-0.25, -0.2) is 0 Å². The zero-order valence-corrected chi connectivity index (χ0v) is 38.4. The summed E-state index contributed by atoms with van der Waals surface area (Å²) >= 11 is 2.83. The van der Waals surface area contributed by atoms with Gasteiger partial charge >= 0.3 is 23.9 Å². The van der Waals surface area contributed by atoms with Crippen molar-refractivity contribution in [3.8, 4) is 23.0 Å². The third-order valence-electron chi connectivity index (χ3n) is 9.68. The van der Waals surface area contributed by atoms with Crippen molar-refractivity contribution in [2.24, 2.45) is 0 Å². The first kappa shape index (κ1) is 51.1. The van der Waals surface area contributed by atoms with Gasteiger partial charge in [-0.05, 0) is 70.4 Å². The molecule has 66 heavy (non-hydrogen) atoms. The predicted molar refractivity (Wildman–Crippen MR) is 239 cm³/mol. The van der Waals surface area contributed by atoms with Gasteiger partial charge in [0.05, 0.1) is 30.6 Å². The Morgan fingerprint density at radius 3 is 1.47 bits per heavy atom. The van der Waals surface area contributed by atoms with E-state index in [1.54, 1.807) is 31.7 Å². The summed E-state index contributed by atoms with van der Waals surface area (Å²) in [6.07, 6.45) is -5.35. The number of aliphatic hydroxyl groups is 4. The molecule has 4 N–H and O–H groups in total. The molecule has 4 aromatic rings. The third-order valence-corrected chi connectivity index (χ3v) is 11.4. The van der Waals surface area contributed by atoms with Gasteiger partial charge in [-0.15, -0.1) is 22.7 Å². The second-order valence-electron chi connectivity index (χ2n) is 14.5. The van der Waals surface area contributed by atoms with E-state index >= 15 is 0 Å². The van der Waals surface area contributed by atoms with Gasteiger partial charge in [0.2, 0.25) is 18.7 Å². The number of rotatable bonds is 16. The highest BCUT2D eigenvalue weighted by atomic mass is 32.1. The van der Waals surface area contributed by atoms with Crippen molar-refractivity contribution in [3.63, 3.8) is 0 Å². The number of esters is 4. The molecule has 10 unspecified atom stereocenters. The van der Waals surface area contributed by atoms with Crippen LogP contribution in [0.3, 0.4) is 0 Å². The van der Waals surface area contributed by atoms with E-state index in [2.05, 4.69) is 0 Å². The van der Waals surface area contributed by atoms with Crippen LogP contribution in [-0.4, -0.2) is 133 Å². The van der Waals surface area contributed by atoms with Crippen molar-refractivity contribution in [2.75, 3.05) is 27.4 Å². The normalized spacial score (nSPS) is 24.9. The Morgan fingerprint density at radius 1 is 0.561 bits per heavy atom. The molecular formula is C46H52O18S2. The number of benzene rings is 2. The molecule has 0 spiro atoms. The van der Waals surface area contributed by atoms with E-state index in [9.17, 15) is 39.6 Å². The first-order valence-corrected chi connectivity index (χ1v) is 22.1. The van der Waals surface area contributed by atoms with Crippen molar-refractivity contribution >= 4 is 70.9 Å². The molecule has 2 aliphatic heterocycles. The van der Waals surface area contributed by atoms with Gasteiger partial charge in [-0.3, -0.25) is 19.2 Å². The topological polar surface area (TPSA) is 241 Å². The predicted octanol–water partition coefficient (Wildman–Crippen LogP) is 4.49. The molecule has 4 heterocycles. The molecule has 0 aliphatic carbocycles. The van der Waals surface area contributed by atoms with Gasteiger partial charge in [-0.1, -0.05) is 36.4 Å². The smallest absolute Gasteiger partial charge is 0.303 e. The molecule has 10 atom stereocenters. The van der Waals surface area contributed by atoms with E-state index in [0.717, 1.165) is 46.2 Å². The van der Waals surface area contributed by atoms with Crippen LogP contribution < -0.4 is 18.9 Å². The molecule has 2 fully saturated rings. The van der Waals surface area contributed by atoms with Crippen molar-refractivity contribution < 1.29 is 87.0 Å². The molecule has 2 aliphatic rings. The summed E-state index contributed by atoms with van der Waals surface area (Å²) in [5, 5.41) is 42.7. The van der Waals surface area contributed by atoms with E-state index in [4.69, 9.17) is 47.4 Å². The molecule has 356 valence electrons. The van der Waals surface area contributed by atoms with E-state index in [1.807, 2.05) is 78.2 Å². The number of aliphatic hydroxyl groups excluding tert-OH is 4. The quantitative estimate of drug-likeness (QED) is 0.0893. The highest BCUT2D eigenvalue weighted by Crippen LogP contribution is 2.35. The number of hydrogen-bond donors (Lipinski definition) is 4. The Hall–Kier alpha value is -5.84. The van der Waals surface area contributed by atoms with Crippen LogP contribution >= 0.6 is 22.7 Å². The summed E-state index contributed by atoms with van der Waals surface area (Å²) < 4.78 is 54.9. The number of carbonyl (C=O) groups excluding carboxylic acids is 4. The van der Waals surface area contributed by atoms with Gasteiger partial charge < -0.3 is 67.8 Å². The molecule has 0 radical (unpaired) electrons. The van der Waals surface area contributed by atoms with Gasteiger partial charge in [-0.2, -0.15) is 0 Å². The number of thiophene rings is 2. The summed E-state index contributed by atoms with van der Waals surface area (Å²) in [6, 6.07) is 18.4. The minimum Gasteiger partial charge on any atom is -0.497 e. The van der Waals surface area contributed by atoms with Crippen molar-refractivity contribution in [1.29, 1.82) is 0 Å². The summed E-state index contributed by atoms with van der Waals surface area (Å²) in [4.78, 5) is 48.9. The number of carbonyl (C=O) groups is 4. The van der Waals surface area contributed by atoms with Crippen LogP contribution in [-0.2, 0) is 47.6 Å². The Labute approximate surface area is 388 Å². The zero-order chi connectivity index (χ0) is 47.9. The van der Waals surface area contributed by atoms with Crippen LogP contribution in [0.5, 0.6) is 23.0 Å². The van der Waals surface area contributed by atoms with Crippen molar-refractivity contribution in [3.05, 3.63) is 92.3 Å². The lowest BCUT2D eigenvalue weighted by Gasteiger charge is -2.43. The standard InChI is InChI=1S/C27H30O11S.C19H22O7S/c1-15(28)33-14-22-24(34-16(2)29)25(35-17(3)30)26(36-18(4)31)27(38-22)37-21-12-13-39-23(21)11-8-19-6-9-20(32-5)10-7-19;1-24-12-5-2-11(3-6-12)4-7-15-13(8-9-27-15)25-19-18(23)17(22)16(21)14(10-20)26-19/h6-13,22,24-27H,14H2,1-5H3;2-9,14,16-23H,10H2,1H3/b11-8+;7-4+. The minimum atomic E-state index is -1.47. The van der Waals surface area contributed by atoms with Gasteiger partial charge in [0, 0.05) is 27.7 Å². The van der Waals surface area contributed by atoms with E-state index in [-0.39, 0.29) is 6.61 Å². The largest absolute Gasteiger partial charge is 0.497 e. The average molecular weight is 957 g/mol. The molecule has 2 aromatic carbocycles. The summed E-state index contributed by atoms with van der Waals surface area (Å²) in [7, 11) is 3.20. The molecule has 18 nitrogen and oxygen atoms in total. The van der Waals surface area contributed by atoms with Crippen LogP contribution in [0, 0.1) is 0 Å². The highest BCUT2D eigenvalue weighted by Gasteiger charge is 2.53. The Bertz CT molecular complexity index is 2250. The maximum atomic E-state index is 12.0. The fourth-order valence-electron chi connectivity index (χ4n) is 6.53. The average Bonchev–Trinajstić information content (AvgIpc) is 3.95. The maximum Gasteiger partial charge on any atom is 0.303 e. The molecule has 2 aromatic heterocycles. The van der Waals surface area contributed by atoms with Crippen molar-refractivity contribution in [1.82, 2.24) is 0 Å². The van der Waals surface area contributed by atoms with E-state index in [0.29, 0.717) is 11.5 Å². The highest BCUT2D eigenvalue weighted by molar-refractivity contribution is 7.11. The lowest BCUT2D eigenvalue weighted by molar-refractivity contribution is -0.288. The molecule has 0 saturated carbocycles. The Balaban J connectivity index is 0.000000264. The molecule has 20 heteroatoms. The first-order valence-electron chi connectivity index (χ1n) is 20.3. The molecule has 0 amide bonds. The lowest BCUT2D eigenvalue weighted by Crippen LogP contribution is -2.63. The SMILES string of the molecule is COc1ccc(/C=C/c2sccc2OC2OC(CO)C(O)C(O)C2O)cc1.COc1ccc(/C=C/c2sccc2OC2OC(COC(C)=O)C(OC(C)=O)C(OC(C)=O)C2OC(C)=O)cc1. The van der Waals surface area contributed by atoms with Gasteiger partial charge in [0.15, 0.2) is 12.2 Å². The Morgan fingerprint density at radius 2 is 1.02 bits per heavy atom. The van der Waals surface area contributed by atoms with Crippen LogP contribution in [0.25, 0.3) is 24.3 Å². The molecule has 0 bridgehead atoms. The number of methoxy groups -OCH3 is 2. The maximum absolute atomic E-state index is 12.0. The minimum absolute atomic E-state index is 0.342. The second-order valence-corrected chi connectivity index (χ2v) is 16.4. The zero-order valence-electron chi connectivity index (χ0n) is 36.7. The molecule has 6 rings (SSSR count). The van der Waals surface area contributed by atoms with Crippen LogP contribution in [0.15, 0.2) is 71.4 Å². The van der Waals surface area contributed by atoms with Gasteiger partial charge in [0.25, 0.3) is 0 Å². The van der Waals surface area contributed by atoms with E-state index in [1.165, 1.54) is 36.5 Å². The van der Waals surface area contributed by atoms with Crippen LogP contribution in [0.4, 0.5) is 0 Å². The molecular weight excluding hydrogens is 905 g/mol. The summed E-state index contributed by atoms with van der Waals surface area (Å²) in [5.74, 6) is -0.379. The molecule has 2 saturated heterocycles. The van der Waals surface area contributed by atoms with E-state index < -0.39 is 91.9 Å². The first-order chi connectivity index (χ1) is 31.6. The third kappa shape index (κ3) is 14.3. The van der Waals surface area contributed by atoms with Crippen molar-refractivity contribution in [2.45, 2.75) is 89.1 Å². The fraction of sp³-hybridized carbons (Fsp3) is 0.391. The number of hydrogen-bond acceptors (Lipinski definition) is 20. The lowest BCUT2D eigenvalue weighted by atomic mass is 9.98. The number of ether oxygens (including phenoxy) is 10. The van der Waals surface area contributed by atoms with Crippen LogP contribution in [0.1, 0.15) is 48.6 Å². The second kappa shape index (κ2) is 24.6. The Kier molecular flexibility index (Phi) is 19.1. The van der Waals surface area contributed by atoms with Crippen LogP contribution in [0.2, 0.25) is 0 Å². The fourth-order valence-corrected chi connectivity index (χ4v) is 7.96. The summed E-state index contributed by atoms with van der Waals surface area (Å²) in [5.41, 5.74) is 1.89. The summed E-state index contributed by atoms with van der Waals surface area (Å²) in [6.45, 7) is 3.84.